The molecule has 0 aromatic heterocycles. The lowest BCUT2D eigenvalue weighted by atomic mass is 10.2. The molecule has 21 heavy (non-hydrogen) atoms. The summed E-state index contributed by atoms with van der Waals surface area (Å²) in [5, 5.41) is 9.01. The van der Waals surface area contributed by atoms with Crippen LogP contribution >= 0.6 is 0 Å². The summed E-state index contributed by atoms with van der Waals surface area (Å²) in [6.07, 6.45) is -1.47. The van der Waals surface area contributed by atoms with Crippen molar-refractivity contribution in [2.75, 3.05) is 13.2 Å². The number of aliphatic hydroxyl groups excluding tert-OH is 1. The normalized spacial score (nSPS) is 11.7. The quantitative estimate of drug-likeness (QED) is 0.778. The number of aliphatic hydroxyl groups is 1. The zero-order chi connectivity index (χ0) is 15.9. The van der Waals surface area contributed by atoms with Crippen LogP contribution in [0.25, 0.3) is 0 Å². The first-order valence-corrected chi connectivity index (χ1v) is 7.92. The van der Waals surface area contributed by atoms with Gasteiger partial charge in [0.2, 0.25) is 0 Å². The van der Waals surface area contributed by atoms with E-state index in [1.165, 1.54) is 0 Å². The number of carbonyl (C=O) groups excluding carboxylic acids is 1. The van der Waals surface area contributed by atoms with Crippen molar-refractivity contribution < 1.29 is 23.1 Å². The summed E-state index contributed by atoms with van der Waals surface area (Å²) in [5.74, 6) is 0. The second kappa shape index (κ2) is 7.96. The maximum absolute atomic E-state index is 12.1. The molecule has 1 aromatic rings. The van der Waals surface area contributed by atoms with E-state index in [-0.39, 0.29) is 19.7 Å². The van der Waals surface area contributed by atoms with Gasteiger partial charge < -0.3 is 9.84 Å². The van der Waals surface area contributed by atoms with Gasteiger partial charge in [0.05, 0.1) is 12.7 Å². The summed E-state index contributed by atoms with van der Waals surface area (Å²) in [7, 11) is -4.08. The number of amides is 1. The number of nitrogens with one attached hydrogen (secondary N) is 1. The first-order chi connectivity index (χ1) is 9.85. The summed E-state index contributed by atoms with van der Waals surface area (Å²) < 4.78 is 31.8. The molecule has 0 aliphatic rings. The number of carbonyl (C=O) groups is 1. The summed E-state index contributed by atoms with van der Waals surface area (Å²) in [6, 6.07) is 8.88. The minimum atomic E-state index is -4.08. The van der Waals surface area contributed by atoms with E-state index in [1.54, 1.807) is 38.1 Å². The minimum Gasteiger partial charge on any atom is -0.446 e. The van der Waals surface area contributed by atoms with Crippen LogP contribution < -0.4 is 4.72 Å². The average molecular weight is 316 g/mol. The molecule has 0 saturated heterocycles. The zero-order valence-corrected chi connectivity index (χ0v) is 12.8. The zero-order valence-electron chi connectivity index (χ0n) is 12.0. The fourth-order valence-electron chi connectivity index (χ4n) is 1.59. The highest BCUT2D eigenvalue weighted by molar-refractivity contribution is 7.87. The van der Waals surface area contributed by atoms with Crippen LogP contribution in [-0.2, 0) is 21.5 Å². The van der Waals surface area contributed by atoms with E-state index in [2.05, 4.69) is 0 Å². The third kappa shape index (κ3) is 6.11. The number of nitrogens with zero attached hydrogens (tertiary/aromatic N) is 1. The Morgan fingerprint density at radius 2 is 1.95 bits per heavy atom. The predicted octanol–water partition coefficient (Wildman–Crippen LogP) is 0.860. The van der Waals surface area contributed by atoms with Crippen molar-refractivity contribution in [3.63, 3.8) is 0 Å². The number of benzene rings is 1. The number of hydrogen-bond acceptors (Lipinski definition) is 5. The van der Waals surface area contributed by atoms with E-state index >= 15 is 0 Å². The highest BCUT2D eigenvalue weighted by atomic mass is 32.2. The second-order valence-electron chi connectivity index (χ2n) is 4.60. The molecule has 1 rings (SSSR count). The Balaban J connectivity index is 2.80. The molecule has 0 aliphatic carbocycles. The molecule has 8 heteroatoms. The van der Waals surface area contributed by atoms with E-state index in [9.17, 15) is 13.2 Å². The molecule has 0 spiro atoms. The average Bonchev–Trinajstić information content (AvgIpc) is 2.37. The Labute approximate surface area is 124 Å². The molecule has 118 valence electrons. The monoisotopic (exact) mass is 316 g/mol. The molecule has 0 saturated carbocycles. The van der Waals surface area contributed by atoms with E-state index in [1.807, 2.05) is 10.8 Å². The highest BCUT2D eigenvalue weighted by Gasteiger charge is 2.25. The van der Waals surface area contributed by atoms with E-state index < -0.39 is 22.4 Å². The summed E-state index contributed by atoms with van der Waals surface area (Å²) >= 11 is 0. The summed E-state index contributed by atoms with van der Waals surface area (Å²) in [4.78, 5) is 11.4. The highest BCUT2D eigenvalue weighted by Crippen LogP contribution is 2.08. The van der Waals surface area contributed by atoms with Gasteiger partial charge in [-0.05, 0) is 19.4 Å². The number of hydrogen-bond donors (Lipinski definition) is 2. The van der Waals surface area contributed by atoms with Gasteiger partial charge in [-0.25, -0.2) is 9.52 Å². The SMILES string of the molecule is CC(C)OC(=O)NS(=O)(=O)N(CCO)Cc1ccccc1. The summed E-state index contributed by atoms with van der Waals surface area (Å²) in [6.45, 7) is 2.79. The second-order valence-corrected chi connectivity index (χ2v) is 6.27. The molecule has 0 aliphatic heterocycles. The molecule has 0 radical (unpaired) electrons. The molecule has 0 bridgehead atoms. The molecule has 0 heterocycles. The lowest BCUT2D eigenvalue weighted by Gasteiger charge is -2.21. The van der Waals surface area contributed by atoms with Crippen LogP contribution in [0, 0.1) is 0 Å². The van der Waals surface area contributed by atoms with E-state index in [0.29, 0.717) is 0 Å². The van der Waals surface area contributed by atoms with Crippen LogP contribution in [0.4, 0.5) is 4.79 Å². The number of rotatable bonds is 7. The molecule has 7 nitrogen and oxygen atoms in total. The number of ether oxygens (including phenoxy) is 1. The molecule has 1 aromatic carbocycles. The van der Waals surface area contributed by atoms with Gasteiger partial charge in [-0.2, -0.15) is 12.7 Å². The first-order valence-electron chi connectivity index (χ1n) is 6.48. The van der Waals surface area contributed by atoms with Crippen LogP contribution in [0.5, 0.6) is 0 Å². The minimum absolute atomic E-state index is 0.0473. The van der Waals surface area contributed by atoms with Crippen molar-refractivity contribution >= 4 is 16.3 Å². The maximum Gasteiger partial charge on any atom is 0.422 e. The largest absolute Gasteiger partial charge is 0.446 e. The fraction of sp³-hybridized carbons (Fsp3) is 0.462. The standard InChI is InChI=1S/C13H20N2O5S/c1-11(2)20-13(17)14-21(18,19)15(8-9-16)10-12-6-4-3-5-7-12/h3-7,11,16H,8-10H2,1-2H3,(H,14,17). The van der Waals surface area contributed by atoms with Crippen LogP contribution in [0.1, 0.15) is 19.4 Å². The molecule has 2 N–H and O–H groups in total. The molecular formula is C13H20N2O5S. The topological polar surface area (TPSA) is 95.9 Å². The van der Waals surface area contributed by atoms with Gasteiger partial charge in [-0.15, -0.1) is 0 Å². The van der Waals surface area contributed by atoms with Crippen LogP contribution in [0.15, 0.2) is 30.3 Å². The van der Waals surface area contributed by atoms with Crippen molar-refractivity contribution in [1.29, 1.82) is 0 Å². The Hall–Kier alpha value is -1.64. The Morgan fingerprint density at radius 1 is 1.33 bits per heavy atom. The van der Waals surface area contributed by atoms with Crippen molar-refractivity contribution in [3.05, 3.63) is 35.9 Å². The lowest BCUT2D eigenvalue weighted by molar-refractivity contribution is 0.120. The van der Waals surface area contributed by atoms with Gasteiger partial charge in [0, 0.05) is 13.1 Å². The van der Waals surface area contributed by atoms with Gasteiger partial charge in [-0.3, -0.25) is 0 Å². The molecular weight excluding hydrogens is 296 g/mol. The van der Waals surface area contributed by atoms with Crippen LogP contribution in [0.2, 0.25) is 0 Å². The Kier molecular flexibility index (Phi) is 6.60. The first kappa shape index (κ1) is 17.4. The van der Waals surface area contributed by atoms with Crippen molar-refractivity contribution in [2.24, 2.45) is 0 Å². The maximum atomic E-state index is 12.1. The van der Waals surface area contributed by atoms with Crippen molar-refractivity contribution in [1.82, 2.24) is 9.03 Å². The van der Waals surface area contributed by atoms with Crippen LogP contribution in [0.3, 0.4) is 0 Å². The predicted molar refractivity (Wildman–Crippen MR) is 77.6 cm³/mol. The molecule has 0 unspecified atom stereocenters. The van der Waals surface area contributed by atoms with Gasteiger partial charge in [0.15, 0.2) is 0 Å². The molecule has 1 amide bonds. The van der Waals surface area contributed by atoms with Crippen molar-refractivity contribution in [3.8, 4) is 0 Å². The third-order valence-corrected chi connectivity index (χ3v) is 3.86. The van der Waals surface area contributed by atoms with Gasteiger partial charge in [-0.1, -0.05) is 30.3 Å². The third-order valence-electron chi connectivity index (χ3n) is 2.45. The molecule has 0 fully saturated rings. The smallest absolute Gasteiger partial charge is 0.422 e. The van der Waals surface area contributed by atoms with E-state index in [4.69, 9.17) is 9.84 Å². The Morgan fingerprint density at radius 3 is 2.48 bits per heavy atom. The van der Waals surface area contributed by atoms with Crippen molar-refractivity contribution in [2.45, 2.75) is 26.5 Å². The van der Waals surface area contributed by atoms with Gasteiger partial charge >= 0.3 is 16.3 Å². The van der Waals surface area contributed by atoms with Crippen LogP contribution in [-0.4, -0.2) is 43.2 Å². The lowest BCUT2D eigenvalue weighted by Crippen LogP contribution is -2.44. The fourth-order valence-corrected chi connectivity index (χ4v) is 2.62. The van der Waals surface area contributed by atoms with E-state index in [0.717, 1.165) is 9.87 Å². The molecule has 0 atom stereocenters. The van der Waals surface area contributed by atoms with Gasteiger partial charge in [0.25, 0.3) is 0 Å². The Bertz CT molecular complexity index is 545. The summed E-state index contributed by atoms with van der Waals surface area (Å²) in [5.41, 5.74) is 0.744. The van der Waals surface area contributed by atoms with Gasteiger partial charge in [0.1, 0.15) is 0 Å².